The summed E-state index contributed by atoms with van der Waals surface area (Å²) >= 11 is 0. The van der Waals surface area contributed by atoms with Gasteiger partial charge in [0.1, 0.15) is 0 Å². The van der Waals surface area contributed by atoms with Crippen molar-refractivity contribution in [2.45, 2.75) is 37.5 Å². The Morgan fingerprint density at radius 3 is 2.69 bits per heavy atom. The number of nitrogens with zero attached hydrogens (tertiary/aromatic N) is 1. The van der Waals surface area contributed by atoms with Gasteiger partial charge in [0.2, 0.25) is 0 Å². The van der Waals surface area contributed by atoms with Gasteiger partial charge >= 0.3 is 11.9 Å². The number of ether oxygens (including phenoxy) is 1. The van der Waals surface area contributed by atoms with Crippen LogP contribution in [0.15, 0.2) is 0 Å². The minimum Gasteiger partial charge on any atom is -0.435 e. The molecule has 0 bridgehead atoms. The van der Waals surface area contributed by atoms with Gasteiger partial charge in [0.05, 0.1) is 5.54 Å². The molecule has 1 spiro atoms. The van der Waals surface area contributed by atoms with Crippen molar-refractivity contribution in [2.75, 3.05) is 0 Å². The first-order chi connectivity index (χ1) is 6.21. The van der Waals surface area contributed by atoms with E-state index in [-0.39, 0.29) is 11.8 Å². The molecule has 2 heterocycles. The lowest BCUT2D eigenvalue weighted by Gasteiger charge is -2.60. The fraction of sp³-hybridized carbons (Fsp3) is 0.750. The second kappa shape index (κ2) is 2.04. The van der Waals surface area contributed by atoms with Gasteiger partial charge < -0.3 is 9.57 Å². The molecule has 0 N–H and O–H groups in total. The molecule has 0 aromatic carbocycles. The van der Waals surface area contributed by atoms with Gasteiger partial charge in [-0.25, -0.2) is 9.59 Å². The summed E-state index contributed by atoms with van der Waals surface area (Å²) in [6.07, 6.45) is 3.73. The van der Waals surface area contributed by atoms with Crippen LogP contribution in [0, 0.1) is 0 Å². The Morgan fingerprint density at radius 1 is 1.31 bits per heavy atom. The number of carbonyl (C=O) groups is 2. The quantitative estimate of drug-likeness (QED) is 0.389. The van der Waals surface area contributed by atoms with Crippen molar-refractivity contribution in [2.24, 2.45) is 0 Å². The SMILES string of the molecule is O=C1OC2CC3(CCC3)N2OC1=O. The summed E-state index contributed by atoms with van der Waals surface area (Å²) < 4.78 is 4.84. The molecule has 2 aliphatic heterocycles. The molecule has 1 unspecified atom stereocenters. The normalized spacial score (nSPS) is 35.5. The van der Waals surface area contributed by atoms with Gasteiger partial charge in [-0.1, -0.05) is 5.06 Å². The lowest BCUT2D eigenvalue weighted by atomic mass is 9.68. The van der Waals surface area contributed by atoms with Gasteiger partial charge in [0.15, 0.2) is 6.23 Å². The Kier molecular flexibility index (Phi) is 1.15. The van der Waals surface area contributed by atoms with E-state index in [1.54, 1.807) is 5.06 Å². The highest BCUT2D eigenvalue weighted by Crippen LogP contribution is 2.51. The second-order valence-corrected chi connectivity index (χ2v) is 3.85. The molecule has 0 amide bonds. The van der Waals surface area contributed by atoms with E-state index in [1.165, 1.54) is 0 Å². The summed E-state index contributed by atoms with van der Waals surface area (Å²) in [5.74, 6) is -1.75. The molecule has 3 fully saturated rings. The Labute approximate surface area is 74.5 Å². The van der Waals surface area contributed by atoms with Crippen LogP contribution in [0.2, 0.25) is 0 Å². The van der Waals surface area contributed by atoms with E-state index >= 15 is 0 Å². The predicted molar refractivity (Wildman–Crippen MR) is 39.0 cm³/mol. The van der Waals surface area contributed by atoms with Gasteiger partial charge in [-0.3, -0.25) is 0 Å². The standard InChI is InChI=1S/C8H9NO4/c10-6-7(11)13-9-5(12-6)4-8(9)2-1-3-8/h5H,1-4H2. The summed E-state index contributed by atoms with van der Waals surface area (Å²) in [5.41, 5.74) is 0.0149. The summed E-state index contributed by atoms with van der Waals surface area (Å²) in [6.45, 7) is 0. The van der Waals surface area contributed by atoms with Crippen LogP contribution in [0.5, 0.6) is 0 Å². The Hall–Kier alpha value is -1.10. The van der Waals surface area contributed by atoms with Crippen LogP contribution < -0.4 is 0 Å². The molecule has 0 radical (unpaired) electrons. The number of fused-ring (bicyclic) bond motifs is 2. The summed E-state index contributed by atoms with van der Waals surface area (Å²) in [7, 11) is 0. The zero-order chi connectivity index (χ0) is 9.05. The molecule has 0 aromatic heterocycles. The van der Waals surface area contributed by atoms with E-state index in [1.807, 2.05) is 0 Å². The topological polar surface area (TPSA) is 55.8 Å². The summed E-state index contributed by atoms with van der Waals surface area (Å²) in [4.78, 5) is 26.5. The van der Waals surface area contributed by atoms with Crippen LogP contribution in [0.3, 0.4) is 0 Å². The highest BCUT2D eigenvalue weighted by molar-refractivity contribution is 6.30. The molecular formula is C8H9NO4. The van der Waals surface area contributed by atoms with Crippen molar-refractivity contribution in [3.63, 3.8) is 0 Å². The number of rotatable bonds is 0. The van der Waals surface area contributed by atoms with Gasteiger partial charge in [-0.05, 0) is 19.3 Å². The largest absolute Gasteiger partial charge is 0.436 e. The highest BCUT2D eigenvalue weighted by Gasteiger charge is 2.62. The Bertz CT molecular complexity index is 297. The third-order valence-electron chi connectivity index (χ3n) is 3.16. The first-order valence-corrected chi connectivity index (χ1v) is 4.44. The fourth-order valence-corrected chi connectivity index (χ4v) is 2.24. The van der Waals surface area contributed by atoms with Crippen molar-refractivity contribution in [3.8, 4) is 0 Å². The molecule has 70 valence electrons. The number of hydrogen-bond donors (Lipinski definition) is 0. The van der Waals surface area contributed by atoms with Gasteiger partial charge in [0, 0.05) is 6.42 Å². The molecule has 1 saturated carbocycles. The molecule has 13 heavy (non-hydrogen) atoms. The van der Waals surface area contributed by atoms with Crippen molar-refractivity contribution >= 4 is 11.9 Å². The maximum Gasteiger partial charge on any atom is 0.436 e. The Morgan fingerprint density at radius 2 is 2.08 bits per heavy atom. The average Bonchev–Trinajstić information content (AvgIpc) is 2.00. The summed E-state index contributed by atoms with van der Waals surface area (Å²) in [6, 6.07) is 0. The first kappa shape index (κ1) is 7.32. The van der Waals surface area contributed by atoms with E-state index in [4.69, 9.17) is 9.57 Å². The number of carbonyl (C=O) groups excluding carboxylic acids is 2. The molecule has 3 aliphatic rings. The van der Waals surface area contributed by atoms with Crippen LogP contribution >= 0.6 is 0 Å². The van der Waals surface area contributed by atoms with Gasteiger partial charge in [-0.15, -0.1) is 0 Å². The van der Waals surface area contributed by atoms with Crippen molar-refractivity contribution in [1.29, 1.82) is 0 Å². The molecule has 2 saturated heterocycles. The molecule has 1 atom stereocenters. The van der Waals surface area contributed by atoms with Gasteiger partial charge in [0.25, 0.3) is 0 Å². The monoisotopic (exact) mass is 183 g/mol. The zero-order valence-corrected chi connectivity index (χ0v) is 6.99. The lowest BCUT2D eigenvalue weighted by molar-refractivity contribution is -0.371. The maximum absolute atomic E-state index is 10.9. The molecule has 1 aliphatic carbocycles. The third kappa shape index (κ3) is 0.751. The summed E-state index contributed by atoms with van der Waals surface area (Å²) in [5, 5.41) is 1.56. The van der Waals surface area contributed by atoms with Crippen LogP contribution in [-0.4, -0.2) is 28.8 Å². The molecule has 5 nitrogen and oxygen atoms in total. The van der Waals surface area contributed by atoms with E-state index < -0.39 is 11.9 Å². The molecular weight excluding hydrogens is 174 g/mol. The maximum atomic E-state index is 10.9. The molecule has 0 aromatic rings. The van der Waals surface area contributed by atoms with Crippen LogP contribution in [0.1, 0.15) is 25.7 Å². The number of esters is 1. The number of hydrogen-bond acceptors (Lipinski definition) is 5. The van der Waals surface area contributed by atoms with E-state index in [0.29, 0.717) is 0 Å². The molecule has 3 rings (SSSR count). The molecule has 5 heteroatoms. The van der Waals surface area contributed by atoms with Crippen LogP contribution in [0.4, 0.5) is 0 Å². The van der Waals surface area contributed by atoms with Crippen molar-refractivity contribution in [1.82, 2.24) is 5.06 Å². The minimum atomic E-state index is -0.887. The van der Waals surface area contributed by atoms with Crippen molar-refractivity contribution in [3.05, 3.63) is 0 Å². The Balaban J connectivity index is 1.79. The van der Waals surface area contributed by atoms with E-state index in [2.05, 4.69) is 0 Å². The van der Waals surface area contributed by atoms with Crippen LogP contribution in [0.25, 0.3) is 0 Å². The van der Waals surface area contributed by atoms with E-state index in [9.17, 15) is 9.59 Å². The van der Waals surface area contributed by atoms with Gasteiger partial charge in [-0.2, -0.15) is 0 Å². The second-order valence-electron chi connectivity index (χ2n) is 3.85. The highest BCUT2D eigenvalue weighted by atomic mass is 16.8. The number of hydroxylamine groups is 2. The third-order valence-corrected chi connectivity index (χ3v) is 3.16. The first-order valence-electron chi connectivity index (χ1n) is 4.44. The zero-order valence-electron chi connectivity index (χ0n) is 6.99. The smallest absolute Gasteiger partial charge is 0.435 e. The predicted octanol–water partition coefficient (Wildman–Crippen LogP) is -0.0441. The average molecular weight is 183 g/mol. The van der Waals surface area contributed by atoms with Crippen molar-refractivity contribution < 1.29 is 19.2 Å². The minimum absolute atomic E-state index is 0.0149. The van der Waals surface area contributed by atoms with E-state index in [0.717, 1.165) is 25.7 Å². The van der Waals surface area contributed by atoms with Crippen LogP contribution in [-0.2, 0) is 19.2 Å². The lowest BCUT2D eigenvalue weighted by Crippen LogP contribution is -2.72. The fourth-order valence-electron chi connectivity index (χ4n) is 2.24.